The third-order valence-electron chi connectivity index (χ3n) is 7.30. The summed E-state index contributed by atoms with van der Waals surface area (Å²) in [6, 6.07) is 39.6. The Morgan fingerprint density at radius 1 is 0.740 bits per heavy atom. The fourth-order valence-electron chi connectivity index (χ4n) is 4.81. The summed E-state index contributed by atoms with van der Waals surface area (Å²) in [7, 11) is 0. The number of aromatic nitrogens is 1. The lowest BCUT2D eigenvalue weighted by Crippen LogP contribution is -2.30. The molecule has 0 saturated carbocycles. The van der Waals surface area contributed by atoms with E-state index in [2.05, 4.69) is 20.9 Å². The van der Waals surface area contributed by atoms with Crippen molar-refractivity contribution in [3.63, 3.8) is 0 Å². The summed E-state index contributed by atoms with van der Waals surface area (Å²) in [5, 5.41) is 11.4. The van der Waals surface area contributed by atoms with Gasteiger partial charge in [0.15, 0.2) is 5.13 Å². The van der Waals surface area contributed by atoms with Gasteiger partial charge in [-0.15, -0.1) is 23.1 Å². The van der Waals surface area contributed by atoms with Crippen LogP contribution in [0.5, 0.6) is 0 Å². The highest BCUT2D eigenvalue weighted by molar-refractivity contribution is 8.00. The van der Waals surface area contributed by atoms with Gasteiger partial charge in [-0.05, 0) is 71.8 Å². The van der Waals surface area contributed by atoms with E-state index in [-0.39, 0.29) is 11.6 Å². The van der Waals surface area contributed by atoms with Crippen LogP contribution in [0.1, 0.15) is 26.7 Å². The number of hydrogen-bond acceptors (Lipinski definition) is 6. The molecule has 11 heteroatoms. The lowest BCUT2D eigenvalue weighted by atomic mass is 10.1. The number of thioether (sulfide) groups is 1. The first-order valence-corrected chi connectivity index (χ1v) is 17.8. The van der Waals surface area contributed by atoms with Gasteiger partial charge >= 0.3 is 0 Å². The summed E-state index contributed by atoms with van der Waals surface area (Å²) < 4.78 is 0. The van der Waals surface area contributed by atoms with E-state index in [1.807, 2.05) is 72.1 Å². The number of benzene rings is 5. The number of anilines is 2. The van der Waals surface area contributed by atoms with Crippen LogP contribution >= 0.6 is 46.3 Å². The second kappa shape index (κ2) is 16.5. The highest BCUT2D eigenvalue weighted by Crippen LogP contribution is 2.38. The molecule has 3 N–H and O–H groups in total. The normalized spacial score (nSPS) is 11.8. The maximum atomic E-state index is 13.7. The summed E-state index contributed by atoms with van der Waals surface area (Å²) in [5.41, 5.74) is 3.95. The first-order valence-electron chi connectivity index (χ1n) is 15.3. The molecule has 0 fully saturated rings. The van der Waals surface area contributed by atoms with Crippen LogP contribution in [0.25, 0.3) is 17.3 Å². The third-order valence-corrected chi connectivity index (χ3v) is 9.91. The Kier molecular flexibility index (Phi) is 11.4. The van der Waals surface area contributed by atoms with E-state index in [4.69, 9.17) is 23.2 Å². The van der Waals surface area contributed by atoms with Crippen LogP contribution in [0.3, 0.4) is 0 Å². The van der Waals surface area contributed by atoms with Crippen molar-refractivity contribution in [2.75, 3.05) is 10.6 Å². The highest BCUT2D eigenvalue weighted by atomic mass is 35.5. The largest absolute Gasteiger partial charge is 0.321 e. The lowest BCUT2D eigenvalue weighted by molar-refractivity contribution is -0.116. The molecule has 1 aromatic heterocycles. The van der Waals surface area contributed by atoms with Gasteiger partial charge in [0.05, 0.1) is 5.69 Å². The van der Waals surface area contributed by atoms with Gasteiger partial charge in [-0.1, -0.05) is 102 Å². The van der Waals surface area contributed by atoms with Gasteiger partial charge in [-0.25, -0.2) is 4.98 Å². The molecule has 0 saturated heterocycles. The quantitative estimate of drug-likeness (QED) is 0.0909. The van der Waals surface area contributed by atoms with Crippen LogP contribution in [-0.2, 0) is 9.59 Å². The molecule has 7 nitrogen and oxygen atoms in total. The number of amides is 3. The molecular formula is C39H28Cl2N4O3S2. The minimum Gasteiger partial charge on any atom is -0.321 e. The Balaban J connectivity index is 1.17. The molecule has 1 unspecified atom stereocenters. The average Bonchev–Trinajstić information content (AvgIpc) is 3.60. The first-order chi connectivity index (χ1) is 24.3. The van der Waals surface area contributed by atoms with Gasteiger partial charge in [0.2, 0.25) is 5.91 Å². The molecule has 248 valence electrons. The molecule has 6 rings (SSSR count). The van der Waals surface area contributed by atoms with Crippen LogP contribution < -0.4 is 16.0 Å². The van der Waals surface area contributed by atoms with Crippen molar-refractivity contribution < 1.29 is 14.4 Å². The van der Waals surface area contributed by atoms with Gasteiger partial charge in [-0.3, -0.25) is 14.4 Å². The summed E-state index contributed by atoms with van der Waals surface area (Å²) in [6.07, 6.45) is 1.58. The predicted octanol–water partition coefficient (Wildman–Crippen LogP) is 10.00. The smallest absolute Gasteiger partial charge is 0.272 e. The second-order valence-electron chi connectivity index (χ2n) is 10.8. The second-order valence-corrected chi connectivity index (χ2v) is 13.7. The SMILES string of the molecule is O=C(Nc1ccc(SC(C(=O)Nc2nc(-c3ccccc3Cl)cs2)c2ccccc2)cc1)/C(=C/c1ccc(Cl)cc1)NC(=O)c1ccccc1. The van der Waals surface area contributed by atoms with Crippen molar-refractivity contribution in [1.82, 2.24) is 10.3 Å². The number of rotatable bonds is 11. The molecular weight excluding hydrogens is 707 g/mol. The number of carbonyl (C=O) groups excluding carboxylic acids is 3. The lowest BCUT2D eigenvalue weighted by Gasteiger charge is -2.17. The van der Waals surface area contributed by atoms with Crippen molar-refractivity contribution in [1.29, 1.82) is 0 Å². The molecule has 6 aromatic rings. The van der Waals surface area contributed by atoms with E-state index >= 15 is 0 Å². The van der Waals surface area contributed by atoms with E-state index in [1.54, 1.807) is 72.8 Å². The fraction of sp³-hybridized carbons (Fsp3) is 0.0256. The van der Waals surface area contributed by atoms with Gasteiger partial charge in [0.1, 0.15) is 10.9 Å². The minimum atomic E-state index is -0.591. The average molecular weight is 736 g/mol. The topological polar surface area (TPSA) is 100 Å². The zero-order chi connectivity index (χ0) is 34.9. The summed E-state index contributed by atoms with van der Waals surface area (Å²) in [6.45, 7) is 0. The zero-order valence-corrected chi connectivity index (χ0v) is 29.3. The molecule has 50 heavy (non-hydrogen) atoms. The Labute approximate surface area is 307 Å². The summed E-state index contributed by atoms with van der Waals surface area (Å²) in [5.74, 6) is -1.16. The third kappa shape index (κ3) is 9.07. The van der Waals surface area contributed by atoms with E-state index in [0.717, 1.165) is 16.0 Å². The molecule has 0 aliphatic heterocycles. The maximum Gasteiger partial charge on any atom is 0.272 e. The van der Waals surface area contributed by atoms with Gasteiger partial charge in [-0.2, -0.15) is 0 Å². The van der Waals surface area contributed by atoms with Crippen molar-refractivity contribution in [3.05, 3.63) is 171 Å². The number of nitrogens with one attached hydrogen (secondary N) is 3. The monoisotopic (exact) mass is 734 g/mol. The maximum absolute atomic E-state index is 13.7. The summed E-state index contributed by atoms with van der Waals surface area (Å²) >= 11 is 15.1. The van der Waals surface area contributed by atoms with Crippen LogP contribution in [0.2, 0.25) is 10.0 Å². The molecule has 0 aliphatic rings. The van der Waals surface area contributed by atoms with E-state index in [9.17, 15) is 14.4 Å². The zero-order valence-electron chi connectivity index (χ0n) is 26.2. The minimum absolute atomic E-state index is 0.0559. The Hall–Kier alpha value is -5.19. The van der Waals surface area contributed by atoms with Gasteiger partial charge in [0, 0.05) is 37.1 Å². The summed E-state index contributed by atoms with van der Waals surface area (Å²) in [4.78, 5) is 45.5. The Morgan fingerprint density at radius 3 is 2.10 bits per heavy atom. The van der Waals surface area contributed by atoms with Crippen LogP contribution in [0, 0.1) is 0 Å². The number of halogens is 2. The highest BCUT2D eigenvalue weighted by Gasteiger charge is 2.24. The number of nitrogens with zero attached hydrogens (tertiary/aromatic N) is 1. The molecule has 5 aromatic carbocycles. The fourth-order valence-corrected chi connectivity index (χ4v) is 6.91. The van der Waals surface area contributed by atoms with Crippen molar-refractivity contribution in [3.8, 4) is 11.3 Å². The predicted molar refractivity (Wildman–Crippen MR) is 205 cm³/mol. The molecule has 3 amide bonds. The standard InChI is InChI=1S/C39H28Cl2N4O3S2/c40-28-17-15-25(16-18-28)23-33(43-36(46)27-11-5-2-6-12-27)37(47)42-29-19-21-30(22-20-29)50-35(26-9-3-1-4-10-26)38(48)45-39-44-34(24-49-39)31-13-7-8-14-32(31)41/h1-24,35H,(H,42,47)(H,43,46)(H,44,45,48)/b33-23-. The molecule has 0 radical (unpaired) electrons. The molecule has 0 bridgehead atoms. The van der Waals surface area contributed by atoms with E-state index < -0.39 is 17.1 Å². The molecule has 1 atom stereocenters. The molecule has 0 spiro atoms. The van der Waals surface area contributed by atoms with E-state index in [1.165, 1.54) is 23.1 Å². The number of thiazole rings is 1. The van der Waals surface area contributed by atoms with Crippen molar-refractivity contribution in [2.24, 2.45) is 0 Å². The number of hydrogen-bond donors (Lipinski definition) is 3. The van der Waals surface area contributed by atoms with Crippen LogP contribution in [-0.4, -0.2) is 22.7 Å². The molecule has 1 heterocycles. The Morgan fingerprint density at radius 2 is 1.40 bits per heavy atom. The molecule has 0 aliphatic carbocycles. The van der Waals surface area contributed by atoms with Crippen LogP contribution in [0.4, 0.5) is 10.8 Å². The van der Waals surface area contributed by atoms with Crippen molar-refractivity contribution >= 4 is 80.9 Å². The number of carbonyl (C=O) groups is 3. The van der Waals surface area contributed by atoms with Gasteiger partial charge < -0.3 is 16.0 Å². The Bertz CT molecular complexity index is 2140. The van der Waals surface area contributed by atoms with E-state index in [0.29, 0.717) is 37.7 Å². The van der Waals surface area contributed by atoms with Crippen molar-refractivity contribution in [2.45, 2.75) is 10.1 Å². The van der Waals surface area contributed by atoms with Crippen LogP contribution in [0.15, 0.2) is 149 Å². The first kappa shape index (κ1) is 34.7. The van der Waals surface area contributed by atoms with Gasteiger partial charge in [0.25, 0.3) is 11.8 Å².